The van der Waals surface area contributed by atoms with E-state index in [0.29, 0.717) is 12.8 Å². The highest BCUT2D eigenvalue weighted by molar-refractivity contribution is 5.53. The number of benzene rings is 2. The van der Waals surface area contributed by atoms with Crippen LogP contribution < -0.4 is 0 Å². The average Bonchev–Trinajstić information content (AvgIpc) is 2.70. The zero-order valence-corrected chi connectivity index (χ0v) is 23.1. The van der Waals surface area contributed by atoms with Crippen LogP contribution in [0.25, 0.3) is 0 Å². The topological polar surface area (TPSA) is 80.9 Å². The van der Waals surface area contributed by atoms with E-state index in [2.05, 4.69) is 41.5 Å². The minimum absolute atomic E-state index is 0.197. The highest BCUT2D eigenvalue weighted by atomic mass is 16.3. The molecule has 0 aromatic heterocycles. The second-order valence-electron chi connectivity index (χ2n) is 12.4. The number of aliphatic hydroxyl groups excluding tert-OH is 2. The predicted molar refractivity (Wildman–Crippen MR) is 141 cm³/mol. The molecule has 190 valence electrons. The van der Waals surface area contributed by atoms with E-state index in [1.165, 1.54) is 0 Å². The fraction of sp³-hybridized carbons (Fsp3) is 0.600. The number of hydrogen-bond acceptors (Lipinski definition) is 4. The molecular formula is C30H46O4. The van der Waals surface area contributed by atoms with Crippen molar-refractivity contribution < 1.29 is 20.4 Å². The lowest BCUT2D eigenvalue weighted by molar-refractivity contribution is -0.00718. The van der Waals surface area contributed by atoms with Crippen molar-refractivity contribution in [2.75, 3.05) is 6.61 Å². The highest BCUT2D eigenvalue weighted by Gasteiger charge is 2.38. The Balaban J connectivity index is 2.66. The maximum atomic E-state index is 11.0. The van der Waals surface area contributed by atoms with E-state index in [9.17, 15) is 20.4 Å². The standard InChI is InChI=1S/C30H46O4/c1-17-12-24(28(6,7)8)26(33)19(3)22(17)14-30(16-31,21(5)32)15-23-18(2)13-25(29(9,10)11)27(34)20(23)4/h12-13,21,31-34H,14-16H2,1-11H3. The maximum absolute atomic E-state index is 11.0. The van der Waals surface area contributed by atoms with Crippen molar-refractivity contribution in [3.63, 3.8) is 0 Å². The second kappa shape index (κ2) is 9.54. The first-order chi connectivity index (χ1) is 15.4. The fourth-order valence-electron chi connectivity index (χ4n) is 5.02. The molecule has 0 aliphatic carbocycles. The van der Waals surface area contributed by atoms with Crippen molar-refractivity contribution in [1.29, 1.82) is 0 Å². The Morgan fingerprint density at radius 2 is 1.03 bits per heavy atom. The zero-order valence-electron chi connectivity index (χ0n) is 23.1. The third kappa shape index (κ3) is 5.28. The fourth-order valence-corrected chi connectivity index (χ4v) is 5.02. The summed E-state index contributed by atoms with van der Waals surface area (Å²) in [6.07, 6.45) is 0.0265. The van der Waals surface area contributed by atoms with Gasteiger partial charge in [-0.1, -0.05) is 53.7 Å². The number of hydrogen-bond donors (Lipinski definition) is 4. The molecule has 2 aromatic carbocycles. The molecule has 0 saturated heterocycles. The summed E-state index contributed by atoms with van der Waals surface area (Å²) in [6.45, 7) is 21.9. The van der Waals surface area contributed by atoms with Gasteiger partial charge in [0.2, 0.25) is 0 Å². The van der Waals surface area contributed by atoms with Gasteiger partial charge in [-0.25, -0.2) is 0 Å². The molecule has 0 aliphatic heterocycles. The van der Waals surface area contributed by atoms with Gasteiger partial charge in [-0.15, -0.1) is 0 Å². The summed E-state index contributed by atoms with van der Waals surface area (Å²) in [5.41, 5.74) is 6.10. The van der Waals surface area contributed by atoms with Crippen LogP contribution in [0.1, 0.15) is 93.0 Å². The summed E-state index contributed by atoms with van der Waals surface area (Å²) < 4.78 is 0. The van der Waals surface area contributed by atoms with E-state index in [1.54, 1.807) is 6.92 Å². The van der Waals surface area contributed by atoms with Crippen molar-refractivity contribution in [2.45, 2.75) is 106 Å². The van der Waals surface area contributed by atoms with Gasteiger partial charge in [-0.05, 0) is 103 Å². The summed E-state index contributed by atoms with van der Waals surface area (Å²) in [4.78, 5) is 0. The van der Waals surface area contributed by atoms with Crippen LogP contribution in [0.2, 0.25) is 0 Å². The molecule has 2 rings (SSSR count). The van der Waals surface area contributed by atoms with Crippen molar-refractivity contribution in [2.24, 2.45) is 5.41 Å². The van der Waals surface area contributed by atoms with E-state index < -0.39 is 11.5 Å². The summed E-state index contributed by atoms with van der Waals surface area (Å²) >= 11 is 0. The van der Waals surface area contributed by atoms with Crippen LogP contribution in [0.5, 0.6) is 11.5 Å². The molecule has 0 heterocycles. The predicted octanol–water partition coefficient (Wildman–Crippen LogP) is 6.07. The number of aromatic hydroxyl groups is 2. The van der Waals surface area contributed by atoms with Crippen molar-refractivity contribution >= 4 is 0 Å². The van der Waals surface area contributed by atoms with Gasteiger partial charge >= 0.3 is 0 Å². The second-order valence-corrected chi connectivity index (χ2v) is 12.4. The smallest absolute Gasteiger partial charge is 0.122 e. The largest absolute Gasteiger partial charge is 0.507 e. The highest BCUT2D eigenvalue weighted by Crippen LogP contribution is 2.43. The quantitative estimate of drug-likeness (QED) is 0.413. The molecule has 4 heteroatoms. The normalized spacial score (nSPS) is 13.9. The van der Waals surface area contributed by atoms with Gasteiger partial charge in [0.25, 0.3) is 0 Å². The van der Waals surface area contributed by atoms with Crippen LogP contribution in [0.3, 0.4) is 0 Å². The number of aliphatic hydroxyl groups is 2. The molecule has 0 bridgehead atoms. The molecule has 0 aliphatic rings. The lowest BCUT2D eigenvalue weighted by atomic mass is 9.69. The van der Waals surface area contributed by atoms with Gasteiger partial charge in [-0.3, -0.25) is 0 Å². The van der Waals surface area contributed by atoms with Crippen LogP contribution in [-0.4, -0.2) is 33.1 Å². The SMILES string of the molecule is Cc1cc(C(C)(C)C)c(O)c(C)c1CC(CO)(Cc1c(C)cc(C(C)(C)C)c(O)c1C)C(C)O. The van der Waals surface area contributed by atoms with Crippen LogP contribution in [0.15, 0.2) is 12.1 Å². The Hall–Kier alpha value is -2.04. The molecule has 0 radical (unpaired) electrons. The first-order valence-electron chi connectivity index (χ1n) is 12.3. The Labute approximate surface area is 206 Å². The van der Waals surface area contributed by atoms with E-state index in [4.69, 9.17) is 0 Å². The van der Waals surface area contributed by atoms with Crippen molar-refractivity contribution in [3.8, 4) is 11.5 Å². The van der Waals surface area contributed by atoms with Gasteiger partial charge in [0.05, 0.1) is 12.7 Å². The van der Waals surface area contributed by atoms with E-state index >= 15 is 0 Å². The Morgan fingerprint density at radius 3 is 1.26 bits per heavy atom. The maximum Gasteiger partial charge on any atom is 0.122 e. The monoisotopic (exact) mass is 470 g/mol. The Bertz CT molecular complexity index is 972. The Kier molecular flexibility index (Phi) is 7.92. The summed E-state index contributed by atoms with van der Waals surface area (Å²) in [5.74, 6) is 0.565. The molecular weight excluding hydrogens is 424 g/mol. The lowest BCUT2D eigenvalue weighted by Crippen LogP contribution is -2.42. The minimum atomic E-state index is -0.865. The van der Waals surface area contributed by atoms with E-state index in [1.807, 2.05) is 39.8 Å². The molecule has 0 fully saturated rings. The van der Waals surface area contributed by atoms with Gasteiger partial charge in [0.1, 0.15) is 11.5 Å². The average molecular weight is 471 g/mol. The molecule has 1 atom stereocenters. The minimum Gasteiger partial charge on any atom is -0.507 e. The summed E-state index contributed by atoms with van der Waals surface area (Å²) in [7, 11) is 0. The van der Waals surface area contributed by atoms with Gasteiger partial charge < -0.3 is 20.4 Å². The lowest BCUT2D eigenvalue weighted by Gasteiger charge is -2.38. The number of rotatable bonds is 6. The third-order valence-electron chi connectivity index (χ3n) is 7.67. The van der Waals surface area contributed by atoms with Gasteiger partial charge in [0, 0.05) is 5.41 Å². The molecule has 0 spiro atoms. The molecule has 34 heavy (non-hydrogen) atoms. The first kappa shape index (κ1) is 28.2. The van der Waals surface area contributed by atoms with E-state index in [0.717, 1.165) is 44.5 Å². The number of aryl methyl sites for hydroxylation is 2. The molecule has 4 nitrogen and oxygen atoms in total. The first-order valence-corrected chi connectivity index (χ1v) is 12.3. The van der Waals surface area contributed by atoms with Crippen LogP contribution >= 0.6 is 0 Å². The molecule has 0 saturated carbocycles. The molecule has 0 amide bonds. The van der Waals surface area contributed by atoms with Crippen molar-refractivity contribution in [3.05, 3.63) is 56.6 Å². The van der Waals surface area contributed by atoms with Crippen LogP contribution in [-0.2, 0) is 23.7 Å². The third-order valence-corrected chi connectivity index (χ3v) is 7.67. The van der Waals surface area contributed by atoms with Crippen molar-refractivity contribution in [1.82, 2.24) is 0 Å². The number of phenols is 2. The molecule has 1 unspecified atom stereocenters. The van der Waals surface area contributed by atoms with Gasteiger partial charge in [-0.2, -0.15) is 0 Å². The summed E-state index contributed by atoms with van der Waals surface area (Å²) in [6, 6.07) is 4.06. The molecule has 4 N–H and O–H groups in total. The van der Waals surface area contributed by atoms with E-state index in [-0.39, 0.29) is 28.9 Å². The molecule has 2 aromatic rings. The van der Waals surface area contributed by atoms with Crippen LogP contribution in [0, 0.1) is 33.1 Å². The summed E-state index contributed by atoms with van der Waals surface area (Å²) in [5, 5.41) is 43.6. The Morgan fingerprint density at radius 1 is 0.706 bits per heavy atom. The van der Waals surface area contributed by atoms with Gasteiger partial charge in [0.15, 0.2) is 0 Å². The number of phenolic OH excluding ortho intramolecular Hbond substituents is 2. The zero-order chi connectivity index (χ0) is 26.4. The van der Waals surface area contributed by atoms with Crippen LogP contribution in [0.4, 0.5) is 0 Å².